The first-order valence-electron chi connectivity index (χ1n) is 8.03. The number of furan rings is 1. The smallest absolute Gasteiger partial charge is 0.225 e. The van der Waals surface area contributed by atoms with Gasteiger partial charge in [0.2, 0.25) is 11.8 Å². The Morgan fingerprint density at radius 1 is 1.40 bits per heavy atom. The molecule has 7 heteroatoms. The maximum Gasteiger partial charge on any atom is 0.225 e. The Morgan fingerprint density at radius 3 is 2.96 bits per heavy atom. The lowest BCUT2D eigenvalue weighted by Gasteiger charge is -2.15. The fraction of sp³-hybridized carbons (Fsp3) is 0.333. The van der Waals surface area contributed by atoms with Crippen LogP contribution in [-0.4, -0.2) is 28.4 Å². The summed E-state index contributed by atoms with van der Waals surface area (Å²) < 4.78 is 18.6. The van der Waals surface area contributed by atoms with E-state index in [2.05, 4.69) is 5.32 Å². The molecule has 1 aliphatic rings. The highest BCUT2D eigenvalue weighted by Crippen LogP contribution is 2.21. The predicted molar refractivity (Wildman–Crippen MR) is 86.4 cm³/mol. The van der Waals surface area contributed by atoms with E-state index in [-0.39, 0.29) is 30.3 Å². The van der Waals surface area contributed by atoms with Gasteiger partial charge in [0.1, 0.15) is 11.6 Å². The van der Waals surface area contributed by atoms with E-state index < -0.39 is 18.3 Å². The molecule has 2 aromatic rings. The van der Waals surface area contributed by atoms with Crippen molar-refractivity contribution in [2.24, 2.45) is 5.92 Å². The van der Waals surface area contributed by atoms with Crippen LogP contribution >= 0.6 is 0 Å². The Bertz CT molecular complexity index is 760. The van der Waals surface area contributed by atoms with Crippen LogP contribution in [0.1, 0.15) is 23.3 Å². The van der Waals surface area contributed by atoms with Gasteiger partial charge in [-0.15, -0.1) is 0 Å². The molecule has 6 nitrogen and oxygen atoms in total. The normalized spacial score (nSPS) is 17.1. The second kappa shape index (κ2) is 7.48. The zero-order valence-electron chi connectivity index (χ0n) is 13.6. The lowest BCUT2D eigenvalue weighted by molar-refractivity contribution is -0.129. The van der Waals surface area contributed by atoms with Gasteiger partial charge in [-0.1, -0.05) is 6.07 Å². The summed E-state index contributed by atoms with van der Waals surface area (Å²) in [6.07, 6.45) is 1.71. The molecule has 1 fully saturated rings. The Balaban J connectivity index is 1.54. The lowest BCUT2D eigenvalue weighted by atomic mass is 10.1. The summed E-state index contributed by atoms with van der Waals surface area (Å²) in [7, 11) is 0. The van der Waals surface area contributed by atoms with Gasteiger partial charge in [-0.2, -0.15) is 0 Å². The van der Waals surface area contributed by atoms with Gasteiger partial charge in [-0.3, -0.25) is 9.59 Å². The van der Waals surface area contributed by atoms with Crippen LogP contribution in [0, 0.1) is 11.7 Å². The van der Waals surface area contributed by atoms with Crippen LogP contribution in [0.2, 0.25) is 0 Å². The number of hydrogen-bond acceptors (Lipinski definition) is 4. The maximum atomic E-state index is 13.4. The van der Waals surface area contributed by atoms with Gasteiger partial charge in [0.05, 0.1) is 25.3 Å². The summed E-state index contributed by atoms with van der Waals surface area (Å²) in [4.78, 5) is 25.9. The van der Waals surface area contributed by atoms with E-state index in [4.69, 9.17) is 9.52 Å². The molecular weight excluding hydrogens is 327 g/mol. The fourth-order valence-electron chi connectivity index (χ4n) is 2.88. The number of nitrogens with zero attached hydrogens (tertiary/aromatic N) is 1. The number of hydrogen-bond donors (Lipinski definition) is 2. The number of benzene rings is 1. The van der Waals surface area contributed by atoms with Crippen LogP contribution in [0.25, 0.3) is 0 Å². The zero-order chi connectivity index (χ0) is 17.8. The quantitative estimate of drug-likeness (QED) is 0.832. The average Bonchev–Trinajstić information content (AvgIpc) is 3.24. The van der Waals surface area contributed by atoms with Crippen molar-refractivity contribution >= 4 is 11.8 Å². The minimum atomic E-state index is -0.479. The lowest BCUT2D eigenvalue weighted by Crippen LogP contribution is -2.32. The van der Waals surface area contributed by atoms with Crippen molar-refractivity contribution in [3.63, 3.8) is 0 Å². The maximum absolute atomic E-state index is 13.4. The molecule has 2 heterocycles. The Hall–Kier alpha value is -2.67. The molecule has 1 unspecified atom stereocenters. The highest BCUT2D eigenvalue weighted by molar-refractivity contribution is 5.89. The molecule has 1 aromatic carbocycles. The third-order valence-corrected chi connectivity index (χ3v) is 4.26. The number of likely N-dealkylation sites (tertiary alicyclic amines) is 1. The van der Waals surface area contributed by atoms with E-state index in [1.54, 1.807) is 29.4 Å². The molecule has 1 atom stereocenters. The first-order valence-corrected chi connectivity index (χ1v) is 8.03. The SMILES string of the molecule is O=C(NCc1ccc(F)c(CO)c1)C1CC(=O)N(Cc2ccco2)C1. The van der Waals surface area contributed by atoms with Crippen LogP contribution in [0.4, 0.5) is 4.39 Å². The number of carbonyl (C=O) groups is 2. The van der Waals surface area contributed by atoms with E-state index in [1.807, 2.05) is 0 Å². The molecule has 2 amide bonds. The van der Waals surface area contributed by atoms with E-state index in [1.165, 1.54) is 12.1 Å². The number of rotatable bonds is 6. The standard InChI is InChI=1S/C18H19FN2O4/c19-16-4-3-12(6-14(16)11-22)8-20-18(24)13-7-17(23)21(9-13)10-15-2-1-5-25-15/h1-6,13,22H,7-11H2,(H,20,24). The van der Waals surface area contributed by atoms with Crippen LogP contribution in [0.5, 0.6) is 0 Å². The van der Waals surface area contributed by atoms with Crippen LogP contribution in [0.3, 0.4) is 0 Å². The first-order chi connectivity index (χ1) is 12.1. The molecule has 2 N–H and O–H groups in total. The van der Waals surface area contributed by atoms with E-state index in [0.29, 0.717) is 24.4 Å². The van der Waals surface area contributed by atoms with Crippen LogP contribution < -0.4 is 5.32 Å². The summed E-state index contributed by atoms with van der Waals surface area (Å²) in [6.45, 7) is 0.519. The largest absolute Gasteiger partial charge is 0.467 e. The van der Waals surface area contributed by atoms with Gasteiger partial charge in [-0.05, 0) is 29.8 Å². The highest BCUT2D eigenvalue weighted by atomic mass is 19.1. The Labute approximate surface area is 144 Å². The van der Waals surface area contributed by atoms with Crippen molar-refractivity contribution in [1.29, 1.82) is 0 Å². The van der Waals surface area contributed by atoms with Gasteiger partial charge in [0.25, 0.3) is 0 Å². The van der Waals surface area contributed by atoms with E-state index in [9.17, 15) is 14.0 Å². The fourth-order valence-corrected chi connectivity index (χ4v) is 2.88. The molecule has 1 saturated heterocycles. The third-order valence-electron chi connectivity index (χ3n) is 4.26. The van der Waals surface area contributed by atoms with Crippen molar-refractivity contribution < 1.29 is 23.5 Å². The van der Waals surface area contributed by atoms with Crippen molar-refractivity contribution in [2.45, 2.75) is 26.1 Å². The zero-order valence-corrected chi connectivity index (χ0v) is 13.6. The van der Waals surface area contributed by atoms with Gasteiger partial charge in [0, 0.05) is 25.1 Å². The molecule has 132 valence electrons. The number of amides is 2. The molecule has 0 spiro atoms. The van der Waals surface area contributed by atoms with Gasteiger partial charge in [0.15, 0.2) is 0 Å². The second-order valence-electron chi connectivity index (χ2n) is 6.06. The van der Waals surface area contributed by atoms with Gasteiger partial charge >= 0.3 is 0 Å². The van der Waals surface area contributed by atoms with Crippen LogP contribution in [-0.2, 0) is 29.3 Å². The number of carbonyl (C=O) groups excluding carboxylic acids is 2. The molecule has 0 bridgehead atoms. The van der Waals surface area contributed by atoms with Crippen molar-refractivity contribution in [3.05, 3.63) is 59.3 Å². The molecule has 25 heavy (non-hydrogen) atoms. The van der Waals surface area contributed by atoms with Crippen molar-refractivity contribution in [2.75, 3.05) is 6.54 Å². The first kappa shape index (κ1) is 17.2. The summed E-state index contributed by atoms with van der Waals surface area (Å²) in [5.74, 6) is -0.518. The minimum Gasteiger partial charge on any atom is -0.467 e. The molecule has 1 aliphatic heterocycles. The topological polar surface area (TPSA) is 82.8 Å². The van der Waals surface area contributed by atoms with E-state index in [0.717, 1.165) is 0 Å². The monoisotopic (exact) mass is 346 g/mol. The molecule has 3 rings (SSSR count). The summed E-state index contributed by atoms with van der Waals surface area (Å²) in [6, 6.07) is 7.87. The minimum absolute atomic E-state index is 0.0825. The van der Waals surface area contributed by atoms with E-state index >= 15 is 0 Å². The van der Waals surface area contributed by atoms with Gasteiger partial charge < -0.3 is 19.7 Å². The highest BCUT2D eigenvalue weighted by Gasteiger charge is 2.34. The molecule has 0 aliphatic carbocycles. The molecule has 0 radical (unpaired) electrons. The number of nitrogens with one attached hydrogen (secondary N) is 1. The summed E-state index contributed by atoms with van der Waals surface area (Å²) in [5.41, 5.74) is 0.878. The average molecular weight is 346 g/mol. The molecule has 0 saturated carbocycles. The Kier molecular flexibility index (Phi) is 5.14. The summed E-state index contributed by atoms with van der Waals surface area (Å²) >= 11 is 0. The van der Waals surface area contributed by atoms with Gasteiger partial charge in [-0.25, -0.2) is 4.39 Å². The number of aliphatic hydroxyl groups excluding tert-OH is 1. The number of halogens is 1. The van der Waals surface area contributed by atoms with Crippen molar-refractivity contribution in [1.82, 2.24) is 10.2 Å². The predicted octanol–water partition coefficient (Wildman–Crippen LogP) is 1.58. The number of aliphatic hydroxyl groups is 1. The third kappa shape index (κ3) is 4.06. The Morgan fingerprint density at radius 2 is 2.24 bits per heavy atom. The second-order valence-corrected chi connectivity index (χ2v) is 6.06. The molecule has 1 aromatic heterocycles. The summed E-state index contributed by atoms with van der Waals surface area (Å²) in [5, 5.41) is 11.8. The van der Waals surface area contributed by atoms with Crippen LogP contribution in [0.15, 0.2) is 41.0 Å². The van der Waals surface area contributed by atoms with Crippen molar-refractivity contribution in [3.8, 4) is 0 Å². The molecular formula is C18H19FN2O4.